The van der Waals surface area contributed by atoms with Gasteiger partial charge >= 0.3 is 0 Å². The number of nitrogens with two attached hydrogens (primary N) is 1. The maximum atomic E-state index is 9.98. The van der Waals surface area contributed by atoms with Crippen molar-refractivity contribution in [3.8, 4) is 5.75 Å². The molecule has 0 aliphatic carbocycles. The molecular weight excluding hydrogens is 240 g/mol. The summed E-state index contributed by atoms with van der Waals surface area (Å²) in [4.78, 5) is 2.19. The first-order valence-electron chi connectivity index (χ1n) is 6.96. The minimum Gasteiger partial charge on any atom is -0.489 e. The average molecular weight is 264 g/mol. The van der Waals surface area contributed by atoms with Crippen LogP contribution in [0.1, 0.15) is 27.2 Å². The van der Waals surface area contributed by atoms with Crippen molar-refractivity contribution in [3.05, 3.63) is 18.2 Å². The molecule has 4 heteroatoms. The van der Waals surface area contributed by atoms with Crippen molar-refractivity contribution in [2.45, 2.75) is 39.4 Å². The largest absolute Gasteiger partial charge is 0.489 e. The van der Waals surface area contributed by atoms with E-state index >= 15 is 0 Å². The second-order valence-corrected chi connectivity index (χ2v) is 5.67. The van der Waals surface area contributed by atoms with Crippen LogP contribution in [0.5, 0.6) is 5.75 Å². The van der Waals surface area contributed by atoms with Crippen LogP contribution in [-0.4, -0.2) is 30.4 Å². The number of piperidine rings is 1. The first-order chi connectivity index (χ1) is 8.97. The van der Waals surface area contributed by atoms with Crippen molar-refractivity contribution >= 4 is 11.4 Å². The summed E-state index contributed by atoms with van der Waals surface area (Å²) in [5.41, 5.74) is 7.65. The van der Waals surface area contributed by atoms with E-state index in [1.165, 1.54) is 0 Å². The van der Waals surface area contributed by atoms with Crippen LogP contribution >= 0.6 is 0 Å². The van der Waals surface area contributed by atoms with E-state index in [-0.39, 0.29) is 12.2 Å². The number of ether oxygens (including phenoxy) is 1. The van der Waals surface area contributed by atoms with Crippen LogP contribution in [0.4, 0.5) is 11.4 Å². The SMILES string of the molecule is CC(C)Oc1cc(N2CCC(C)C(O)C2)ccc1N. The van der Waals surface area contributed by atoms with Gasteiger partial charge in [-0.3, -0.25) is 0 Å². The quantitative estimate of drug-likeness (QED) is 0.822. The third kappa shape index (κ3) is 3.32. The van der Waals surface area contributed by atoms with Crippen LogP contribution in [0.15, 0.2) is 18.2 Å². The van der Waals surface area contributed by atoms with Gasteiger partial charge in [-0.25, -0.2) is 0 Å². The molecule has 0 saturated carbocycles. The van der Waals surface area contributed by atoms with Crippen LogP contribution in [0, 0.1) is 5.92 Å². The third-order valence-corrected chi connectivity index (χ3v) is 3.64. The van der Waals surface area contributed by atoms with E-state index in [0.717, 1.165) is 24.4 Å². The zero-order chi connectivity index (χ0) is 14.0. The van der Waals surface area contributed by atoms with Gasteiger partial charge in [0, 0.05) is 24.8 Å². The van der Waals surface area contributed by atoms with Crippen LogP contribution in [-0.2, 0) is 0 Å². The fraction of sp³-hybridized carbons (Fsp3) is 0.600. The number of nitrogen functional groups attached to an aromatic ring is 1. The molecule has 0 spiro atoms. The zero-order valence-electron chi connectivity index (χ0n) is 12.0. The number of benzene rings is 1. The van der Waals surface area contributed by atoms with Gasteiger partial charge in [0.2, 0.25) is 0 Å². The normalized spacial score (nSPS) is 23.7. The number of rotatable bonds is 3. The van der Waals surface area contributed by atoms with Crippen molar-refractivity contribution in [3.63, 3.8) is 0 Å². The number of aliphatic hydroxyl groups excluding tert-OH is 1. The Morgan fingerprint density at radius 1 is 1.42 bits per heavy atom. The lowest BCUT2D eigenvalue weighted by atomic mass is 9.95. The molecule has 2 unspecified atom stereocenters. The first kappa shape index (κ1) is 14.0. The molecule has 0 radical (unpaired) electrons. The maximum Gasteiger partial charge on any atom is 0.144 e. The molecule has 106 valence electrons. The van der Waals surface area contributed by atoms with Crippen molar-refractivity contribution in [2.24, 2.45) is 5.92 Å². The molecule has 1 heterocycles. The Labute approximate surface area is 115 Å². The summed E-state index contributed by atoms with van der Waals surface area (Å²) in [7, 11) is 0. The Bertz CT molecular complexity index is 434. The van der Waals surface area contributed by atoms with Gasteiger partial charge < -0.3 is 20.5 Å². The highest BCUT2D eigenvalue weighted by Crippen LogP contribution is 2.31. The predicted octanol–water partition coefficient (Wildman–Crippen LogP) is 2.26. The summed E-state index contributed by atoms with van der Waals surface area (Å²) in [6.07, 6.45) is 0.844. The maximum absolute atomic E-state index is 9.98. The summed E-state index contributed by atoms with van der Waals surface area (Å²) in [6.45, 7) is 7.70. The Hall–Kier alpha value is -1.42. The zero-order valence-corrected chi connectivity index (χ0v) is 12.0. The molecule has 1 fully saturated rings. The summed E-state index contributed by atoms with van der Waals surface area (Å²) in [6, 6.07) is 5.83. The van der Waals surface area contributed by atoms with E-state index in [4.69, 9.17) is 10.5 Å². The van der Waals surface area contributed by atoms with E-state index < -0.39 is 0 Å². The Morgan fingerprint density at radius 3 is 2.79 bits per heavy atom. The van der Waals surface area contributed by atoms with Crippen molar-refractivity contribution < 1.29 is 9.84 Å². The molecule has 1 aromatic rings. The molecule has 4 nitrogen and oxygen atoms in total. The van der Waals surface area contributed by atoms with Crippen molar-refractivity contribution in [2.75, 3.05) is 23.7 Å². The lowest BCUT2D eigenvalue weighted by Crippen LogP contribution is -2.42. The van der Waals surface area contributed by atoms with Crippen LogP contribution in [0.2, 0.25) is 0 Å². The van der Waals surface area contributed by atoms with Gasteiger partial charge in [-0.05, 0) is 38.3 Å². The fourth-order valence-electron chi connectivity index (χ4n) is 2.36. The topological polar surface area (TPSA) is 58.7 Å². The van der Waals surface area contributed by atoms with E-state index in [2.05, 4.69) is 11.8 Å². The predicted molar refractivity (Wildman–Crippen MR) is 78.6 cm³/mol. The summed E-state index contributed by atoms with van der Waals surface area (Å²) < 4.78 is 5.71. The number of aliphatic hydroxyl groups is 1. The monoisotopic (exact) mass is 264 g/mol. The molecule has 3 N–H and O–H groups in total. The molecule has 2 rings (SSSR count). The van der Waals surface area contributed by atoms with Gasteiger partial charge in [0.15, 0.2) is 0 Å². The number of nitrogens with zero attached hydrogens (tertiary/aromatic N) is 1. The summed E-state index contributed by atoms with van der Waals surface area (Å²) >= 11 is 0. The molecule has 1 aliphatic rings. The van der Waals surface area contributed by atoms with E-state index in [1.807, 2.05) is 32.0 Å². The van der Waals surface area contributed by atoms with E-state index in [9.17, 15) is 5.11 Å². The minimum absolute atomic E-state index is 0.101. The summed E-state index contributed by atoms with van der Waals surface area (Å²) in [5.74, 6) is 1.09. The first-order valence-corrected chi connectivity index (χ1v) is 6.96. The second-order valence-electron chi connectivity index (χ2n) is 5.67. The number of hydrogen-bond acceptors (Lipinski definition) is 4. The van der Waals surface area contributed by atoms with Gasteiger partial charge in [-0.1, -0.05) is 6.92 Å². The van der Waals surface area contributed by atoms with Gasteiger partial charge in [-0.15, -0.1) is 0 Å². The van der Waals surface area contributed by atoms with Gasteiger partial charge in [0.05, 0.1) is 17.9 Å². The molecule has 1 aromatic carbocycles. The number of β-amino-alcohol motifs (C(OH)–C–C–N with tert-alkyl or cyclic N) is 1. The van der Waals surface area contributed by atoms with E-state index in [1.54, 1.807) is 0 Å². The van der Waals surface area contributed by atoms with Crippen molar-refractivity contribution in [1.82, 2.24) is 0 Å². The lowest BCUT2D eigenvalue weighted by Gasteiger charge is -2.36. The highest BCUT2D eigenvalue weighted by Gasteiger charge is 2.24. The number of hydrogen-bond donors (Lipinski definition) is 2. The average Bonchev–Trinajstić information content (AvgIpc) is 2.35. The van der Waals surface area contributed by atoms with Gasteiger partial charge in [-0.2, -0.15) is 0 Å². The van der Waals surface area contributed by atoms with Crippen LogP contribution in [0.25, 0.3) is 0 Å². The minimum atomic E-state index is -0.263. The molecule has 0 aromatic heterocycles. The fourth-order valence-corrected chi connectivity index (χ4v) is 2.36. The molecular formula is C15H24N2O2. The third-order valence-electron chi connectivity index (χ3n) is 3.64. The van der Waals surface area contributed by atoms with Crippen molar-refractivity contribution in [1.29, 1.82) is 0 Å². The van der Waals surface area contributed by atoms with Gasteiger partial charge in [0.1, 0.15) is 5.75 Å². The van der Waals surface area contributed by atoms with E-state index in [0.29, 0.717) is 18.2 Å². The Morgan fingerprint density at radius 2 is 2.16 bits per heavy atom. The molecule has 2 atom stereocenters. The Kier molecular flexibility index (Phi) is 4.20. The molecule has 19 heavy (non-hydrogen) atoms. The summed E-state index contributed by atoms with van der Waals surface area (Å²) in [5, 5.41) is 9.98. The lowest BCUT2D eigenvalue weighted by molar-refractivity contribution is 0.103. The molecule has 1 aliphatic heterocycles. The smallest absolute Gasteiger partial charge is 0.144 e. The highest BCUT2D eigenvalue weighted by molar-refractivity contribution is 5.62. The molecule has 1 saturated heterocycles. The molecule has 0 amide bonds. The molecule has 0 bridgehead atoms. The van der Waals surface area contributed by atoms with Gasteiger partial charge in [0.25, 0.3) is 0 Å². The van der Waals surface area contributed by atoms with Crippen LogP contribution in [0.3, 0.4) is 0 Å². The second kappa shape index (κ2) is 5.70. The standard InChI is InChI=1S/C15H24N2O2/c1-10(2)19-15-8-12(4-5-13(15)16)17-7-6-11(3)14(18)9-17/h4-5,8,10-11,14,18H,6-7,9,16H2,1-3H3. The Balaban J connectivity index is 2.16. The van der Waals surface area contributed by atoms with Crippen LogP contribution < -0.4 is 15.4 Å². The highest BCUT2D eigenvalue weighted by atomic mass is 16.5. The number of anilines is 2.